The lowest BCUT2D eigenvalue weighted by Crippen LogP contribution is -1.86. The first-order valence-electron chi connectivity index (χ1n) is 4.11. The van der Waals surface area contributed by atoms with Crippen LogP contribution in [0.5, 0.6) is 5.75 Å². The predicted molar refractivity (Wildman–Crippen MR) is 56.5 cm³/mol. The molecule has 4 heteroatoms. The van der Waals surface area contributed by atoms with E-state index in [1.165, 1.54) is 0 Å². The number of hydrogen-bond acceptors (Lipinski definition) is 3. The summed E-state index contributed by atoms with van der Waals surface area (Å²) in [5, 5.41) is 9.58. The van der Waals surface area contributed by atoms with Crippen LogP contribution in [0.4, 0.5) is 0 Å². The Balaban J connectivity index is 2.61. The maximum absolute atomic E-state index is 9.58. The Hall–Kier alpha value is -1.68. The van der Waals surface area contributed by atoms with E-state index in [4.69, 9.17) is 12.2 Å². The van der Waals surface area contributed by atoms with Crippen LogP contribution in [0.3, 0.4) is 0 Å². The van der Waals surface area contributed by atoms with E-state index >= 15 is 0 Å². The van der Waals surface area contributed by atoms with Crippen LogP contribution >= 0.6 is 12.2 Å². The first kappa shape index (κ1) is 8.90. The highest BCUT2D eigenvalue weighted by Crippen LogP contribution is 2.25. The Labute approximate surface area is 86.1 Å². The molecule has 0 spiro atoms. The standard InChI is InChI=1S/C10H8N2OS/c13-9-4-2-1-3-7(9)8-5-6-11-10(14)12-8/h1-6,13H,(H,11,12,14). The van der Waals surface area contributed by atoms with Crippen molar-refractivity contribution in [1.29, 1.82) is 0 Å². The molecule has 2 aromatic rings. The van der Waals surface area contributed by atoms with Gasteiger partial charge in [-0.1, -0.05) is 12.1 Å². The van der Waals surface area contributed by atoms with Gasteiger partial charge < -0.3 is 10.1 Å². The van der Waals surface area contributed by atoms with Crippen LogP contribution < -0.4 is 0 Å². The van der Waals surface area contributed by atoms with Crippen molar-refractivity contribution in [3.8, 4) is 17.0 Å². The summed E-state index contributed by atoms with van der Waals surface area (Å²) in [5.74, 6) is 0.226. The van der Waals surface area contributed by atoms with Gasteiger partial charge in [-0.3, -0.25) is 0 Å². The van der Waals surface area contributed by atoms with Gasteiger partial charge >= 0.3 is 0 Å². The fourth-order valence-corrected chi connectivity index (χ4v) is 1.40. The Morgan fingerprint density at radius 1 is 1.21 bits per heavy atom. The number of phenols is 1. The number of aromatic hydroxyl groups is 1. The van der Waals surface area contributed by atoms with Gasteiger partial charge in [-0.05, 0) is 30.4 Å². The molecule has 1 aromatic carbocycles. The largest absolute Gasteiger partial charge is 0.507 e. The fraction of sp³-hybridized carbons (Fsp3) is 0. The molecule has 0 aliphatic rings. The third kappa shape index (κ3) is 1.65. The quantitative estimate of drug-likeness (QED) is 0.702. The highest BCUT2D eigenvalue weighted by molar-refractivity contribution is 7.71. The van der Waals surface area contributed by atoms with Crippen LogP contribution in [-0.2, 0) is 0 Å². The van der Waals surface area contributed by atoms with Crippen molar-refractivity contribution >= 4 is 12.2 Å². The minimum absolute atomic E-state index is 0.226. The number of benzene rings is 1. The lowest BCUT2D eigenvalue weighted by Gasteiger charge is -2.03. The minimum Gasteiger partial charge on any atom is -0.507 e. The number of rotatable bonds is 1. The van der Waals surface area contributed by atoms with Crippen LogP contribution in [0.25, 0.3) is 11.3 Å². The second kappa shape index (κ2) is 3.59. The van der Waals surface area contributed by atoms with Crippen LogP contribution in [0.2, 0.25) is 0 Å². The van der Waals surface area contributed by atoms with E-state index in [1.807, 2.05) is 12.1 Å². The SMILES string of the molecule is Oc1ccccc1-c1ccnc(=S)[nH]1. The molecule has 0 fully saturated rings. The van der Waals surface area contributed by atoms with Crippen molar-refractivity contribution < 1.29 is 5.11 Å². The summed E-state index contributed by atoms with van der Waals surface area (Å²) >= 11 is 4.89. The maximum Gasteiger partial charge on any atom is 0.197 e. The van der Waals surface area contributed by atoms with E-state index in [2.05, 4.69) is 9.97 Å². The topological polar surface area (TPSA) is 48.9 Å². The van der Waals surface area contributed by atoms with Gasteiger partial charge in [-0.2, -0.15) is 0 Å². The maximum atomic E-state index is 9.58. The second-order valence-corrected chi connectivity index (χ2v) is 3.19. The van der Waals surface area contributed by atoms with Gasteiger partial charge in [0.05, 0.1) is 5.69 Å². The second-order valence-electron chi connectivity index (χ2n) is 2.81. The molecule has 0 aliphatic carbocycles. The Kier molecular flexibility index (Phi) is 2.28. The van der Waals surface area contributed by atoms with Gasteiger partial charge in [0, 0.05) is 11.8 Å². The number of hydrogen-bond donors (Lipinski definition) is 2. The molecular formula is C10H8N2OS. The zero-order chi connectivity index (χ0) is 9.97. The summed E-state index contributed by atoms with van der Waals surface area (Å²) < 4.78 is 0.408. The number of phenolic OH excluding ortho intramolecular Hbond substituents is 1. The normalized spacial score (nSPS) is 10.0. The molecule has 0 saturated carbocycles. The zero-order valence-corrected chi connectivity index (χ0v) is 8.08. The molecule has 1 aromatic heterocycles. The summed E-state index contributed by atoms with van der Waals surface area (Å²) in [4.78, 5) is 6.78. The molecule has 0 saturated heterocycles. The molecule has 70 valence electrons. The van der Waals surface area contributed by atoms with Gasteiger partial charge in [-0.15, -0.1) is 0 Å². The zero-order valence-electron chi connectivity index (χ0n) is 7.27. The molecular weight excluding hydrogens is 196 g/mol. The molecule has 0 atom stereocenters. The van der Waals surface area contributed by atoms with Crippen LogP contribution in [0, 0.1) is 4.77 Å². The summed E-state index contributed by atoms with van der Waals surface area (Å²) in [7, 11) is 0. The van der Waals surface area contributed by atoms with E-state index < -0.39 is 0 Å². The third-order valence-corrected chi connectivity index (χ3v) is 2.08. The van der Waals surface area contributed by atoms with E-state index in [0.717, 1.165) is 11.3 Å². The minimum atomic E-state index is 0.226. The van der Waals surface area contributed by atoms with Gasteiger partial charge in [-0.25, -0.2) is 4.98 Å². The lowest BCUT2D eigenvalue weighted by molar-refractivity contribution is 0.477. The van der Waals surface area contributed by atoms with Crippen molar-refractivity contribution in [2.75, 3.05) is 0 Å². The Morgan fingerprint density at radius 2 is 2.00 bits per heavy atom. The molecule has 1 heterocycles. The molecule has 2 rings (SSSR count). The van der Waals surface area contributed by atoms with E-state index in [9.17, 15) is 5.11 Å². The summed E-state index contributed by atoms with van der Waals surface area (Å²) in [6, 6.07) is 8.84. The smallest absolute Gasteiger partial charge is 0.197 e. The average Bonchev–Trinajstić information content (AvgIpc) is 2.18. The number of aromatic amines is 1. The molecule has 14 heavy (non-hydrogen) atoms. The van der Waals surface area contributed by atoms with Gasteiger partial charge in [0.25, 0.3) is 0 Å². The first-order chi connectivity index (χ1) is 6.77. The third-order valence-electron chi connectivity index (χ3n) is 1.87. The number of H-pyrrole nitrogens is 1. The first-order valence-corrected chi connectivity index (χ1v) is 4.52. The molecule has 0 radical (unpaired) electrons. The van der Waals surface area contributed by atoms with Crippen molar-refractivity contribution in [3.05, 3.63) is 41.3 Å². The van der Waals surface area contributed by atoms with Crippen molar-refractivity contribution in [2.45, 2.75) is 0 Å². The predicted octanol–water partition coefficient (Wildman–Crippen LogP) is 2.51. The number of nitrogens with zero attached hydrogens (tertiary/aromatic N) is 1. The van der Waals surface area contributed by atoms with Crippen LogP contribution in [-0.4, -0.2) is 15.1 Å². The Bertz CT molecular complexity index is 507. The number of aromatic nitrogens is 2. The van der Waals surface area contributed by atoms with Gasteiger partial charge in [0.2, 0.25) is 0 Å². The summed E-state index contributed by atoms with van der Waals surface area (Å²) in [6.07, 6.45) is 1.61. The lowest BCUT2D eigenvalue weighted by atomic mass is 10.1. The number of para-hydroxylation sites is 1. The van der Waals surface area contributed by atoms with Crippen molar-refractivity contribution in [1.82, 2.24) is 9.97 Å². The monoisotopic (exact) mass is 204 g/mol. The Morgan fingerprint density at radius 3 is 2.71 bits per heavy atom. The van der Waals surface area contributed by atoms with Crippen LogP contribution in [0.1, 0.15) is 0 Å². The summed E-state index contributed by atoms with van der Waals surface area (Å²) in [5.41, 5.74) is 1.49. The van der Waals surface area contributed by atoms with E-state index in [1.54, 1.807) is 24.4 Å². The number of nitrogens with one attached hydrogen (secondary N) is 1. The summed E-state index contributed by atoms with van der Waals surface area (Å²) in [6.45, 7) is 0. The van der Waals surface area contributed by atoms with Crippen molar-refractivity contribution in [3.63, 3.8) is 0 Å². The van der Waals surface area contributed by atoms with Crippen molar-refractivity contribution in [2.24, 2.45) is 0 Å². The highest BCUT2D eigenvalue weighted by Gasteiger charge is 2.02. The average molecular weight is 204 g/mol. The fourth-order valence-electron chi connectivity index (χ4n) is 1.23. The molecule has 2 N–H and O–H groups in total. The molecule has 0 aliphatic heterocycles. The molecule has 3 nitrogen and oxygen atoms in total. The van der Waals surface area contributed by atoms with Gasteiger partial charge in [0.15, 0.2) is 4.77 Å². The van der Waals surface area contributed by atoms with E-state index in [0.29, 0.717) is 4.77 Å². The molecule has 0 bridgehead atoms. The molecule has 0 amide bonds. The highest BCUT2D eigenvalue weighted by atomic mass is 32.1. The molecule has 0 unspecified atom stereocenters. The van der Waals surface area contributed by atoms with E-state index in [-0.39, 0.29) is 5.75 Å². The van der Waals surface area contributed by atoms with Crippen LogP contribution in [0.15, 0.2) is 36.5 Å². The van der Waals surface area contributed by atoms with Gasteiger partial charge in [0.1, 0.15) is 5.75 Å².